The minimum atomic E-state index is -0.269. The number of phenols is 1. The molecule has 3 aromatic heterocycles. The number of fused-ring (bicyclic) bond motifs is 3. The van der Waals surface area contributed by atoms with Crippen LogP contribution in [0.15, 0.2) is 146 Å². The van der Waals surface area contributed by atoms with Crippen LogP contribution < -0.4 is 0 Å². The fraction of sp³-hybridized carbons (Fsp3) is 0.167. The molecule has 0 bridgehead atoms. The molecule has 0 fully saturated rings. The third-order valence-electron chi connectivity index (χ3n) is 10.0. The van der Waals surface area contributed by atoms with Gasteiger partial charge in [0.25, 0.3) is 0 Å². The number of benzene rings is 5. The van der Waals surface area contributed by atoms with Crippen molar-refractivity contribution in [2.24, 2.45) is 0 Å². The lowest BCUT2D eigenvalue weighted by Gasteiger charge is -2.27. The maximum Gasteiger partial charge on any atom is 0.138 e. The molecule has 5 aromatic carbocycles. The van der Waals surface area contributed by atoms with Crippen molar-refractivity contribution in [1.29, 1.82) is 0 Å². The maximum atomic E-state index is 12.0. The number of pyridine rings is 2. The van der Waals surface area contributed by atoms with Gasteiger partial charge in [-0.25, -0.2) is 4.98 Å². The van der Waals surface area contributed by atoms with Crippen molar-refractivity contribution in [3.8, 4) is 56.3 Å². The predicted molar refractivity (Wildman–Crippen MR) is 217 cm³/mol. The average Bonchev–Trinajstić information content (AvgIpc) is 3.48. The topological polar surface area (TPSA) is 50.9 Å². The molecule has 4 heteroatoms. The van der Waals surface area contributed by atoms with Crippen molar-refractivity contribution in [2.75, 3.05) is 0 Å². The minimum Gasteiger partial charge on any atom is -0.507 e. The normalized spacial score (nSPS) is 12.1. The molecule has 0 aliphatic heterocycles. The van der Waals surface area contributed by atoms with Gasteiger partial charge in [0, 0.05) is 33.7 Å². The van der Waals surface area contributed by atoms with E-state index < -0.39 is 0 Å². The Bertz CT molecular complexity index is 2590. The van der Waals surface area contributed by atoms with Gasteiger partial charge in [-0.15, -0.1) is 0 Å². The molecule has 3 heterocycles. The predicted octanol–water partition coefficient (Wildman–Crippen LogP) is 12.5. The summed E-state index contributed by atoms with van der Waals surface area (Å²) < 4.78 is 2.26. The molecule has 4 nitrogen and oxygen atoms in total. The van der Waals surface area contributed by atoms with Gasteiger partial charge in [-0.3, -0.25) is 9.55 Å². The minimum absolute atomic E-state index is 0.128. The number of para-hydroxylation sites is 1. The molecule has 0 saturated carbocycles. The molecule has 1 N–H and O–H groups in total. The van der Waals surface area contributed by atoms with E-state index in [1.807, 2.05) is 18.3 Å². The van der Waals surface area contributed by atoms with Crippen LogP contribution in [0.4, 0.5) is 0 Å². The van der Waals surface area contributed by atoms with Crippen molar-refractivity contribution in [3.05, 3.63) is 157 Å². The number of hydrogen-bond donors (Lipinski definition) is 1. The van der Waals surface area contributed by atoms with Gasteiger partial charge in [-0.2, -0.15) is 0 Å². The first kappa shape index (κ1) is 33.2. The van der Waals surface area contributed by atoms with Gasteiger partial charge in [-0.1, -0.05) is 139 Å². The molecule has 0 unspecified atom stereocenters. The molecule has 0 radical (unpaired) electrons. The van der Waals surface area contributed by atoms with Gasteiger partial charge < -0.3 is 5.11 Å². The van der Waals surface area contributed by atoms with Crippen LogP contribution in [0.3, 0.4) is 0 Å². The molecule has 0 amide bonds. The van der Waals surface area contributed by atoms with Gasteiger partial charge in [-0.05, 0) is 81.1 Å². The van der Waals surface area contributed by atoms with Crippen LogP contribution in [0.2, 0.25) is 0 Å². The monoisotopic (exact) mass is 677 g/mol. The van der Waals surface area contributed by atoms with Crippen LogP contribution in [-0.2, 0) is 10.8 Å². The molecule has 0 saturated heterocycles. The van der Waals surface area contributed by atoms with Gasteiger partial charge in [0.2, 0.25) is 0 Å². The number of phenolic OH excluding ortho intramolecular Hbond substituents is 1. The highest BCUT2D eigenvalue weighted by Crippen LogP contribution is 2.43. The number of aromatic nitrogens is 3. The zero-order valence-electron chi connectivity index (χ0n) is 30.6. The van der Waals surface area contributed by atoms with E-state index in [0.29, 0.717) is 0 Å². The number of nitrogens with zero attached hydrogens (tertiary/aromatic N) is 3. The van der Waals surface area contributed by atoms with Crippen LogP contribution >= 0.6 is 0 Å². The van der Waals surface area contributed by atoms with Gasteiger partial charge >= 0.3 is 0 Å². The quantitative estimate of drug-likeness (QED) is 0.197. The maximum absolute atomic E-state index is 12.0. The van der Waals surface area contributed by atoms with Crippen LogP contribution in [-0.4, -0.2) is 19.6 Å². The van der Waals surface area contributed by atoms with E-state index in [-0.39, 0.29) is 16.6 Å². The first-order valence-corrected chi connectivity index (χ1v) is 18.0. The molecule has 8 rings (SSSR count). The van der Waals surface area contributed by atoms with Crippen molar-refractivity contribution >= 4 is 21.8 Å². The van der Waals surface area contributed by atoms with E-state index >= 15 is 0 Å². The van der Waals surface area contributed by atoms with E-state index in [9.17, 15) is 5.11 Å². The Morgan fingerprint density at radius 2 is 1.13 bits per heavy atom. The number of hydrogen-bond acceptors (Lipinski definition) is 3. The van der Waals surface area contributed by atoms with Crippen molar-refractivity contribution in [3.63, 3.8) is 0 Å². The summed E-state index contributed by atoms with van der Waals surface area (Å²) >= 11 is 0. The molecular formula is C48H43N3O. The van der Waals surface area contributed by atoms with Crippen molar-refractivity contribution in [1.82, 2.24) is 14.5 Å². The second-order valence-electron chi connectivity index (χ2n) is 15.8. The first-order chi connectivity index (χ1) is 25.0. The standard InChI is InChI=1S/C48H43N3O/c1-47(2,3)36-29-39(46(52)40(30-36)48(4,5)6)42-26-35(32-17-11-8-12-18-32)28-45(50-42)51-43-20-14-13-19-37(43)38-22-21-34(27-44(38)51)41-25-33(23-24-49-41)31-15-9-7-10-16-31/h7-30,52H,1-6H3. The summed E-state index contributed by atoms with van der Waals surface area (Å²) in [5.74, 6) is 1.06. The third-order valence-corrected chi connectivity index (χ3v) is 10.0. The summed E-state index contributed by atoms with van der Waals surface area (Å²) in [7, 11) is 0. The fourth-order valence-electron chi connectivity index (χ4n) is 7.18. The molecular weight excluding hydrogens is 635 g/mol. The molecule has 0 aliphatic carbocycles. The van der Waals surface area contributed by atoms with Crippen LogP contribution in [0.25, 0.3) is 72.4 Å². The largest absolute Gasteiger partial charge is 0.507 e. The Labute approximate surface area is 306 Å². The second kappa shape index (κ2) is 12.6. The Hall–Kier alpha value is -6.00. The smallest absolute Gasteiger partial charge is 0.138 e. The van der Waals surface area contributed by atoms with E-state index in [0.717, 1.165) is 83.5 Å². The molecule has 0 atom stereocenters. The highest BCUT2D eigenvalue weighted by molar-refractivity contribution is 6.10. The number of rotatable bonds is 5. The lowest BCUT2D eigenvalue weighted by Crippen LogP contribution is -2.17. The third kappa shape index (κ3) is 6.05. The fourth-order valence-corrected chi connectivity index (χ4v) is 7.18. The van der Waals surface area contributed by atoms with Crippen molar-refractivity contribution in [2.45, 2.75) is 52.4 Å². The SMILES string of the molecule is CC(C)(C)c1cc(-c2cc(-c3ccccc3)cc(-n3c4ccccc4c4ccc(-c5cc(-c6ccccc6)ccn5)cc43)n2)c(O)c(C(C)(C)C)c1. The summed E-state index contributed by atoms with van der Waals surface area (Å²) in [6, 6.07) is 48.8. The summed E-state index contributed by atoms with van der Waals surface area (Å²) in [6.07, 6.45) is 1.89. The zero-order chi connectivity index (χ0) is 36.2. The highest BCUT2D eigenvalue weighted by atomic mass is 16.3. The van der Waals surface area contributed by atoms with Gasteiger partial charge in [0.1, 0.15) is 11.6 Å². The highest BCUT2D eigenvalue weighted by Gasteiger charge is 2.27. The van der Waals surface area contributed by atoms with Crippen LogP contribution in [0.1, 0.15) is 52.7 Å². The van der Waals surface area contributed by atoms with E-state index in [1.54, 1.807) is 0 Å². The second-order valence-corrected chi connectivity index (χ2v) is 15.8. The Kier molecular flexibility index (Phi) is 8.06. The molecule has 8 aromatic rings. The van der Waals surface area contributed by atoms with E-state index in [2.05, 4.69) is 174 Å². The summed E-state index contributed by atoms with van der Waals surface area (Å²) in [4.78, 5) is 10.2. The lowest BCUT2D eigenvalue weighted by atomic mass is 9.78. The Morgan fingerprint density at radius 1 is 0.500 bits per heavy atom. The molecule has 0 aliphatic rings. The van der Waals surface area contributed by atoms with Gasteiger partial charge in [0.15, 0.2) is 0 Å². The molecule has 52 heavy (non-hydrogen) atoms. The summed E-state index contributed by atoms with van der Waals surface area (Å²) in [5.41, 5.74) is 11.6. The summed E-state index contributed by atoms with van der Waals surface area (Å²) in [6.45, 7) is 13.1. The zero-order valence-corrected chi connectivity index (χ0v) is 30.6. The lowest BCUT2D eigenvalue weighted by molar-refractivity contribution is 0.446. The summed E-state index contributed by atoms with van der Waals surface area (Å²) in [5, 5.41) is 14.3. The van der Waals surface area contributed by atoms with Crippen LogP contribution in [0, 0.1) is 0 Å². The Balaban J connectivity index is 1.40. The first-order valence-electron chi connectivity index (χ1n) is 18.0. The van der Waals surface area contributed by atoms with E-state index in [1.165, 1.54) is 0 Å². The number of aromatic hydroxyl groups is 1. The Morgan fingerprint density at radius 3 is 1.83 bits per heavy atom. The van der Waals surface area contributed by atoms with E-state index in [4.69, 9.17) is 9.97 Å². The van der Waals surface area contributed by atoms with Gasteiger partial charge in [0.05, 0.1) is 22.4 Å². The molecule has 0 spiro atoms. The average molecular weight is 678 g/mol. The molecule has 256 valence electrons. The van der Waals surface area contributed by atoms with Crippen LogP contribution in [0.5, 0.6) is 5.75 Å². The van der Waals surface area contributed by atoms with Crippen molar-refractivity contribution < 1.29 is 5.11 Å².